The van der Waals surface area contributed by atoms with E-state index in [9.17, 15) is 4.79 Å². The molecule has 21 heavy (non-hydrogen) atoms. The molecule has 5 nitrogen and oxygen atoms in total. The van der Waals surface area contributed by atoms with Crippen LogP contribution in [0.1, 0.15) is 36.2 Å². The minimum absolute atomic E-state index is 0.0406. The second-order valence-electron chi connectivity index (χ2n) is 5.85. The van der Waals surface area contributed by atoms with Crippen molar-refractivity contribution in [2.75, 3.05) is 13.2 Å². The number of ether oxygens (including phenoxy) is 1. The van der Waals surface area contributed by atoms with Gasteiger partial charge in [0.2, 0.25) is 0 Å². The largest absolute Gasteiger partial charge is 0.374 e. The maximum absolute atomic E-state index is 12.8. The summed E-state index contributed by atoms with van der Waals surface area (Å²) in [6.07, 6.45) is 8.46. The molecule has 2 atom stereocenters. The van der Waals surface area contributed by atoms with Gasteiger partial charge in [-0.2, -0.15) is 0 Å². The molecule has 2 fully saturated rings. The molecule has 0 N–H and O–H groups in total. The van der Waals surface area contributed by atoms with Crippen LogP contribution in [0.25, 0.3) is 5.65 Å². The summed E-state index contributed by atoms with van der Waals surface area (Å²) in [6.45, 7) is 1.31. The molecule has 0 aromatic carbocycles. The maximum atomic E-state index is 12.8. The second kappa shape index (κ2) is 5.15. The van der Waals surface area contributed by atoms with Crippen LogP contribution >= 0.6 is 0 Å². The number of fused-ring (bicyclic) bond motifs is 2. The van der Waals surface area contributed by atoms with Crippen LogP contribution in [-0.4, -0.2) is 45.5 Å². The topological polar surface area (TPSA) is 46.8 Å². The highest BCUT2D eigenvalue weighted by Gasteiger charge is 2.37. The van der Waals surface area contributed by atoms with Crippen molar-refractivity contribution in [3.05, 3.63) is 36.3 Å². The number of nitrogens with zero attached hydrogens (tertiary/aromatic N) is 3. The Morgan fingerprint density at radius 2 is 2.19 bits per heavy atom. The quantitative estimate of drug-likeness (QED) is 0.806. The fourth-order valence-corrected chi connectivity index (χ4v) is 3.53. The predicted octanol–water partition coefficient (Wildman–Crippen LogP) is 2.12. The third-order valence-corrected chi connectivity index (χ3v) is 4.58. The Balaban J connectivity index is 1.63. The van der Waals surface area contributed by atoms with Crippen LogP contribution in [0.2, 0.25) is 0 Å². The van der Waals surface area contributed by atoms with Gasteiger partial charge in [0.05, 0.1) is 18.8 Å². The van der Waals surface area contributed by atoms with Gasteiger partial charge in [0.25, 0.3) is 5.91 Å². The molecule has 0 unspecified atom stereocenters. The Kier molecular flexibility index (Phi) is 3.15. The zero-order chi connectivity index (χ0) is 14.2. The maximum Gasteiger partial charge on any atom is 0.274 e. The molecular formula is C16H19N3O2. The molecule has 1 aliphatic heterocycles. The lowest BCUT2D eigenvalue weighted by atomic mass is 9.90. The highest BCUT2D eigenvalue weighted by molar-refractivity contribution is 5.93. The molecule has 2 aromatic heterocycles. The van der Waals surface area contributed by atoms with Gasteiger partial charge >= 0.3 is 0 Å². The molecule has 1 saturated heterocycles. The molecule has 0 bridgehead atoms. The molecule has 1 aliphatic carbocycles. The summed E-state index contributed by atoms with van der Waals surface area (Å²) in [4.78, 5) is 19.3. The van der Waals surface area contributed by atoms with Crippen molar-refractivity contribution in [3.63, 3.8) is 0 Å². The summed E-state index contributed by atoms with van der Waals surface area (Å²) in [7, 11) is 0. The number of morpholine rings is 1. The fourth-order valence-electron chi connectivity index (χ4n) is 3.53. The number of carbonyl (C=O) groups excluding carboxylic acids is 1. The Labute approximate surface area is 123 Å². The first-order valence-electron chi connectivity index (χ1n) is 7.69. The summed E-state index contributed by atoms with van der Waals surface area (Å²) < 4.78 is 7.73. The molecule has 2 aliphatic rings. The van der Waals surface area contributed by atoms with E-state index in [0.29, 0.717) is 18.8 Å². The first-order valence-corrected chi connectivity index (χ1v) is 7.69. The third-order valence-electron chi connectivity index (χ3n) is 4.58. The first-order chi connectivity index (χ1) is 10.3. The summed E-state index contributed by atoms with van der Waals surface area (Å²) in [5.41, 5.74) is 1.35. The number of imidazole rings is 1. The molecule has 1 saturated carbocycles. The van der Waals surface area contributed by atoms with Crippen molar-refractivity contribution >= 4 is 11.6 Å². The minimum Gasteiger partial charge on any atom is -0.374 e. The van der Waals surface area contributed by atoms with E-state index in [-0.39, 0.29) is 18.1 Å². The molecule has 3 heterocycles. The molecule has 2 aromatic rings. The first kappa shape index (κ1) is 12.8. The number of rotatable bonds is 1. The van der Waals surface area contributed by atoms with Crippen molar-refractivity contribution in [2.24, 2.45) is 0 Å². The number of hydrogen-bond donors (Lipinski definition) is 0. The molecule has 0 radical (unpaired) electrons. The van der Waals surface area contributed by atoms with E-state index in [4.69, 9.17) is 4.74 Å². The molecule has 110 valence electrons. The SMILES string of the molecule is O=C(c1cn2ccccc2n1)N1CCO[C@@H]2CCCC[C@H]21. The third kappa shape index (κ3) is 2.21. The van der Waals surface area contributed by atoms with Crippen LogP contribution in [0.5, 0.6) is 0 Å². The standard InChI is InChI=1S/C16H19N3O2/c20-16(12-11-18-8-4-3-7-15(18)17-12)19-9-10-21-14-6-2-1-5-13(14)19/h3-4,7-8,11,13-14H,1-2,5-6,9-10H2/t13-,14-/m1/s1. The second-order valence-corrected chi connectivity index (χ2v) is 5.85. The predicted molar refractivity (Wildman–Crippen MR) is 78.2 cm³/mol. The van der Waals surface area contributed by atoms with Crippen molar-refractivity contribution in [1.82, 2.24) is 14.3 Å². The number of hydrogen-bond acceptors (Lipinski definition) is 3. The molecule has 5 heteroatoms. The average molecular weight is 285 g/mol. The van der Waals surface area contributed by atoms with Crippen molar-refractivity contribution in [2.45, 2.75) is 37.8 Å². The zero-order valence-corrected chi connectivity index (χ0v) is 11.9. The lowest BCUT2D eigenvalue weighted by Crippen LogP contribution is -2.54. The normalized spacial score (nSPS) is 25.8. The Bertz CT molecular complexity index is 631. The van der Waals surface area contributed by atoms with E-state index in [1.807, 2.05) is 39.9 Å². The van der Waals surface area contributed by atoms with Crippen LogP contribution in [0.3, 0.4) is 0 Å². The molecular weight excluding hydrogens is 266 g/mol. The monoisotopic (exact) mass is 285 g/mol. The molecule has 1 amide bonds. The van der Waals surface area contributed by atoms with Gasteiger partial charge in [-0.25, -0.2) is 4.98 Å². The Hall–Kier alpha value is -1.88. The molecule has 4 rings (SSSR count). The van der Waals surface area contributed by atoms with E-state index < -0.39 is 0 Å². The summed E-state index contributed by atoms with van der Waals surface area (Å²) in [6, 6.07) is 6.02. The van der Waals surface area contributed by atoms with Crippen LogP contribution in [0.4, 0.5) is 0 Å². The fraction of sp³-hybridized carbons (Fsp3) is 0.500. The van der Waals surface area contributed by atoms with Gasteiger partial charge < -0.3 is 14.0 Å². The number of carbonyl (C=O) groups is 1. The van der Waals surface area contributed by atoms with Gasteiger partial charge in [-0.3, -0.25) is 4.79 Å². The van der Waals surface area contributed by atoms with E-state index in [2.05, 4.69) is 4.98 Å². The number of amides is 1. The summed E-state index contributed by atoms with van der Waals surface area (Å²) >= 11 is 0. The van der Waals surface area contributed by atoms with Gasteiger partial charge in [0.15, 0.2) is 0 Å². The smallest absolute Gasteiger partial charge is 0.274 e. The Morgan fingerprint density at radius 1 is 1.29 bits per heavy atom. The average Bonchev–Trinajstić information content (AvgIpc) is 2.97. The number of aromatic nitrogens is 2. The van der Waals surface area contributed by atoms with Crippen molar-refractivity contribution in [1.29, 1.82) is 0 Å². The number of pyridine rings is 1. The van der Waals surface area contributed by atoms with Crippen LogP contribution in [0.15, 0.2) is 30.6 Å². The van der Waals surface area contributed by atoms with Crippen LogP contribution in [0, 0.1) is 0 Å². The van der Waals surface area contributed by atoms with Gasteiger partial charge in [-0.05, 0) is 25.0 Å². The van der Waals surface area contributed by atoms with Crippen molar-refractivity contribution in [3.8, 4) is 0 Å². The zero-order valence-electron chi connectivity index (χ0n) is 11.9. The summed E-state index contributed by atoms with van der Waals surface area (Å²) in [5.74, 6) is 0.0406. The van der Waals surface area contributed by atoms with E-state index in [1.54, 1.807) is 0 Å². The van der Waals surface area contributed by atoms with Gasteiger partial charge in [-0.1, -0.05) is 18.9 Å². The highest BCUT2D eigenvalue weighted by Crippen LogP contribution is 2.29. The van der Waals surface area contributed by atoms with Gasteiger partial charge in [-0.15, -0.1) is 0 Å². The minimum atomic E-state index is 0.0406. The summed E-state index contributed by atoms with van der Waals surface area (Å²) in [5, 5.41) is 0. The van der Waals surface area contributed by atoms with E-state index >= 15 is 0 Å². The van der Waals surface area contributed by atoms with Gasteiger partial charge in [0.1, 0.15) is 11.3 Å². The highest BCUT2D eigenvalue weighted by atomic mass is 16.5. The lowest BCUT2D eigenvalue weighted by Gasteiger charge is -2.43. The van der Waals surface area contributed by atoms with E-state index in [0.717, 1.165) is 18.5 Å². The van der Waals surface area contributed by atoms with E-state index in [1.165, 1.54) is 12.8 Å². The molecule has 0 spiro atoms. The Morgan fingerprint density at radius 3 is 3.10 bits per heavy atom. The van der Waals surface area contributed by atoms with Crippen LogP contribution in [-0.2, 0) is 4.74 Å². The lowest BCUT2D eigenvalue weighted by molar-refractivity contribution is -0.0754. The van der Waals surface area contributed by atoms with Crippen LogP contribution < -0.4 is 0 Å². The van der Waals surface area contributed by atoms with Gasteiger partial charge in [0, 0.05) is 18.9 Å². The van der Waals surface area contributed by atoms with Crippen molar-refractivity contribution < 1.29 is 9.53 Å².